The van der Waals surface area contributed by atoms with Gasteiger partial charge in [-0.15, -0.1) is 0 Å². The Bertz CT molecular complexity index is 245. The van der Waals surface area contributed by atoms with E-state index in [0.29, 0.717) is 19.1 Å². The lowest BCUT2D eigenvalue weighted by Gasteiger charge is -2.21. The maximum Gasteiger partial charge on any atom is 0.307 e. The van der Waals surface area contributed by atoms with E-state index in [2.05, 4.69) is 10.2 Å². The second-order valence-electron chi connectivity index (χ2n) is 4.65. The Balaban J connectivity index is 1.65. The maximum atomic E-state index is 11.2. The molecule has 16 heavy (non-hydrogen) atoms. The zero-order chi connectivity index (χ0) is 11.4. The zero-order valence-electron chi connectivity index (χ0n) is 10.1. The second-order valence-corrected chi connectivity index (χ2v) is 4.65. The van der Waals surface area contributed by atoms with Crippen molar-refractivity contribution in [3.63, 3.8) is 0 Å². The van der Waals surface area contributed by atoms with E-state index in [1.807, 2.05) is 6.92 Å². The molecule has 0 aromatic heterocycles. The summed E-state index contributed by atoms with van der Waals surface area (Å²) < 4.78 is 4.90. The second kappa shape index (κ2) is 5.64. The number of hydrogen-bond acceptors (Lipinski definition) is 4. The molecular weight excluding hydrogens is 204 g/mol. The molecule has 2 fully saturated rings. The third-order valence-corrected chi connectivity index (χ3v) is 3.65. The fourth-order valence-electron chi connectivity index (χ4n) is 2.91. The van der Waals surface area contributed by atoms with E-state index in [4.69, 9.17) is 4.74 Å². The standard InChI is InChI=1S/C12H22N2O2/c1-2-16-12(15)5-7-13-10-6-9-14-8-3-4-11(10)14/h10-11,13H,2-9H2,1H3. The van der Waals surface area contributed by atoms with Gasteiger partial charge in [0.15, 0.2) is 0 Å². The molecule has 0 spiro atoms. The van der Waals surface area contributed by atoms with Gasteiger partial charge in [0.25, 0.3) is 0 Å². The number of ether oxygens (including phenoxy) is 1. The van der Waals surface area contributed by atoms with Crippen molar-refractivity contribution in [2.45, 2.75) is 44.7 Å². The first-order valence-corrected chi connectivity index (χ1v) is 6.44. The van der Waals surface area contributed by atoms with Gasteiger partial charge in [-0.1, -0.05) is 0 Å². The van der Waals surface area contributed by atoms with Crippen LogP contribution in [0.3, 0.4) is 0 Å². The van der Waals surface area contributed by atoms with Gasteiger partial charge in [0, 0.05) is 25.2 Å². The third kappa shape index (κ3) is 2.74. The van der Waals surface area contributed by atoms with Crippen LogP contribution in [0.15, 0.2) is 0 Å². The van der Waals surface area contributed by atoms with E-state index in [1.165, 1.54) is 32.4 Å². The van der Waals surface area contributed by atoms with Crippen LogP contribution in [0, 0.1) is 0 Å². The van der Waals surface area contributed by atoms with Crippen molar-refractivity contribution in [2.75, 3.05) is 26.2 Å². The summed E-state index contributed by atoms with van der Waals surface area (Å²) in [5.41, 5.74) is 0. The van der Waals surface area contributed by atoms with Gasteiger partial charge in [0.1, 0.15) is 0 Å². The largest absolute Gasteiger partial charge is 0.466 e. The van der Waals surface area contributed by atoms with Crippen LogP contribution in [0.4, 0.5) is 0 Å². The number of rotatable bonds is 5. The summed E-state index contributed by atoms with van der Waals surface area (Å²) in [7, 11) is 0. The highest BCUT2D eigenvalue weighted by atomic mass is 16.5. The number of hydrogen-bond donors (Lipinski definition) is 1. The molecule has 1 N–H and O–H groups in total. The number of carbonyl (C=O) groups is 1. The van der Waals surface area contributed by atoms with Crippen molar-refractivity contribution in [2.24, 2.45) is 0 Å². The van der Waals surface area contributed by atoms with Crippen LogP contribution in [-0.4, -0.2) is 49.2 Å². The minimum Gasteiger partial charge on any atom is -0.466 e. The van der Waals surface area contributed by atoms with Gasteiger partial charge < -0.3 is 10.1 Å². The number of nitrogens with zero attached hydrogens (tertiary/aromatic N) is 1. The normalized spacial score (nSPS) is 29.3. The van der Waals surface area contributed by atoms with Crippen LogP contribution in [0.2, 0.25) is 0 Å². The molecule has 2 unspecified atom stereocenters. The van der Waals surface area contributed by atoms with Gasteiger partial charge in [-0.3, -0.25) is 9.69 Å². The molecule has 92 valence electrons. The zero-order valence-corrected chi connectivity index (χ0v) is 10.1. The van der Waals surface area contributed by atoms with Crippen LogP contribution in [0.5, 0.6) is 0 Å². The molecule has 0 amide bonds. The van der Waals surface area contributed by atoms with Crippen LogP contribution >= 0.6 is 0 Å². The summed E-state index contributed by atoms with van der Waals surface area (Å²) in [6.07, 6.45) is 4.38. The van der Waals surface area contributed by atoms with Crippen LogP contribution in [0.1, 0.15) is 32.6 Å². The molecule has 2 aliphatic rings. The van der Waals surface area contributed by atoms with E-state index in [9.17, 15) is 4.79 Å². The molecular formula is C12H22N2O2. The summed E-state index contributed by atoms with van der Waals surface area (Å²) in [5, 5.41) is 3.50. The van der Waals surface area contributed by atoms with Crippen LogP contribution in [0.25, 0.3) is 0 Å². The molecule has 4 nitrogen and oxygen atoms in total. The highest BCUT2D eigenvalue weighted by Gasteiger charge is 2.36. The number of esters is 1. The third-order valence-electron chi connectivity index (χ3n) is 3.65. The molecule has 0 aromatic rings. The summed E-state index contributed by atoms with van der Waals surface area (Å²) in [5.74, 6) is -0.0868. The summed E-state index contributed by atoms with van der Waals surface area (Å²) in [4.78, 5) is 13.7. The van der Waals surface area contributed by atoms with Crippen molar-refractivity contribution in [1.82, 2.24) is 10.2 Å². The Labute approximate surface area is 97.3 Å². The van der Waals surface area contributed by atoms with Crippen molar-refractivity contribution < 1.29 is 9.53 Å². The Kier molecular flexibility index (Phi) is 4.18. The summed E-state index contributed by atoms with van der Waals surface area (Å²) in [6.45, 7) is 5.58. The topological polar surface area (TPSA) is 41.6 Å². The predicted octanol–water partition coefficient (Wildman–Crippen LogP) is 0.766. The van der Waals surface area contributed by atoms with E-state index < -0.39 is 0 Å². The fraction of sp³-hybridized carbons (Fsp3) is 0.917. The van der Waals surface area contributed by atoms with E-state index in [1.54, 1.807) is 0 Å². The van der Waals surface area contributed by atoms with E-state index in [-0.39, 0.29) is 5.97 Å². The highest BCUT2D eigenvalue weighted by Crippen LogP contribution is 2.27. The van der Waals surface area contributed by atoms with Crippen LogP contribution < -0.4 is 5.32 Å². The maximum absolute atomic E-state index is 11.2. The molecule has 0 saturated carbocycles. The first-order chi connectivity index (χ1) is 7.81. The van der Waals surface area contributed by atoms with Crippen molar-refractivity contribution >= 4 is 5.97 Å². The first kappa shape index (κ1) is 11.9. The quantitative estimate of drug-likeness (QED) is 0.703. The summed E-state index contributed by atoms with van der Waals surface area (Å²) >= 11 is 0. The average molecular weight is 226 g/mol. The van der Waals surface area contributed by atoms with Gasteiger partial charge in [0.2, 0.25) is 0 Å². The number of nitrogens with one attached hydrogen (secondary N) is 1. The molecule has 0 bridgehead atoms. The van der Waals surface area contributed by atoms with Gasteiger partial charge in [-0.05, 0) is 32.7 Å². The first-order valence-electron chi connectivity index (χ1n) is 6.44. The van der Waals surface area contributed by atoms with Gasteiger partial charge >= 0.3 is 5.97 Å². The Morgan fingerprint density at radius 1 is 1.44 bits per heavy atom. The fourth-order valence-corrected chi connectivity index (χ4v) is 2.91. The Morgan fingerprint density at radius 2 is 2.31 bits per heavy atom. The van der Waals surface area contributed by atoms with Crippen molar-refractivity contribution in [3.8, 4) is 0 Å². The van der Waals surface area contributed by atoms with E-state index in [0.717, 1.165) is 12.6 Å². The monoisotopic (exact) mass is 226 g/mol. The molecule has 2 heterocycles. The molecule has 0 aromatic carbocycles. The Hall–Kier alpha value is -0.610. The van der Waals surface area contributed by atoms with Crippen molar-refractivity contribution in [1.29, 1.82) is 0 Å². The minimum absolute atomic E-state index is 0.0868. The summed E-state index contributed by atoms with van der Waals surface area (Å²) in [6, 6.07) is 1.32. The smallest absolute Gasteiger partial charge is 0.307 e. The molecule has 2 saturated heterocycles. The highest BCUT2D eigenvalue weighted by molar-refractivity contribution is 5.69. The SMILES string of the molecule is CCOC(=O)CCNC1CCN2CCCC12. The molecule has 2 atom stereocenters. The lowest BCUT2D eigenvalue weighted by molar-refractivity contribution is -0.143. The molecule has 2 aliphatic heterocycles. The van der Waals surface area contributed by atoms with Gasteiger partial charge in [0.05, 0.1) is 13.0 Å². The molecule has 0 radical (unpaired) electrons. The lowest BCUT2D eigenvalue weighted by atomic mass is 10.1. The minimum atomic E-state index is -0.0868. The molecule has 4 heteroatoms. The van der Waals surface area contributed by atoms with Crippen LogP contribution in [-0.2, 0) is 9.53 Å². The van der Waals surface area contributed by atoms with Crippen molar-refractivity contribution in [3.05, 3.63) is 0 Å². The van der Waals surface area contributed by atoms with Gasteiger partial charge in [-0.25, -0.2) is 0 Å². The number of fused-ring (bicyclic) bond motifs is 1. The number of carbonyl (C=O) groups excluding carboxylic acids is 1. The Morgan fingerprint density at radius 3 is 3.12 bits per heavy atom. The lowest BCUT2D eigenvalue weighted by Crippen LogP contribution is -2.40. The van der Waals surface area contributed by atoms with Gasteiger partial charge in [-0.2, -0.15) is 0 Å². The molecule has 2 rings (SSSR count). The predicted molar refractivity (Wildman–Crippen MR) is 62.3 cm³/mol. The molecule has 0 aliphatic carbocycles. The van der Waals surface area contributed by atoms with E-state index >= 15 is 0 Å². The average Bonchev–Trinajstić information content (AvgIpc) is 2.82.